The molecule has 3 heterocycles. The predicted octanol–water partition coefficient (Wildman–Crippen LogP) is 1.43. The molecule has 0 saturated carbocycles. The van der Waals surface area contributed by atoms with Gasteiger partial charge in [0.1, 0.15) is 0 Å². The van der Waals surface area contributed by atoms with Gasteiger partial charge in [-0.15, -0.1) is 0 Å². The first-order valence-electron chi connectivity index (χ1n) is 4.63. The summed E-state index contributed by atoms with van der Waals surface area (Å²) in [5, 5.41) is 3.61. The molecule has 0 aliphatic carbocycles. The largest absolute Gasteiger partial charge is 0.307 e. The van der Waals surface area contributed by atoms with Crippen LogP contribution in [0.5, 0.6) is 0 Å². The molecule has 1 N–H and O–H groups in total. The van der Waals surface area contributed by atoms with Crippen LogP contribution in [-0.2, 0) is 6.42 Å². The van der Waals surface area contributed by atoms with Crippen LogP contribution in [0.1, 0.15) is 30.1 Å². The summed E-state index contributed by atoms with van der Waals surface area (Å²) < 4.78 is 0. The molecule has 2 bridgehead atoms. The molecule has 2 atom stereocenters. The van der Waals surface area contributed by atoms with E-state index in [0.29, 0.717) is 12.1 Å². The molecule has 2 unspecified atom stereocenters. The average Bonchev–Trinajstić information content (AvgIpc) is 2.49. The Balaban J connectivity index is 2.13. The normalized spacial score (nSPS) is 31.7. The second kappa shape index (κ2) is 2.30. The molecular weight excluding hydrogens is 148 g/mol. The Morgan fingerprint density at radius 3 is 3.42 bits per heavy atom. The summed E-state index contributed by atoms with van der Waals surface area (Å²) in [7, 11) is 0. The fourth-order valence-electron chi connectivity index (χ4n) is 2.40. The van der Waals surface area contributed by atoms with Crippen LogP contribution in [0.2, 0.25) is 0 Å². The molecule has 12 heavy (non-hydrogen) atoms. The second-order valence-corrected chi connectivity index (χ2v) is 3.74. The molecule has 1 aromatic rings. The van der Waals surface area contributed by atoms with Crippen LogP contribution in [0, 0.1) is 0 Å². The van der Waals surface area contributed by atoms with Crippen molar-refractivity contribution in [3.05, 3.63) is 29.6 Å². The van der Waals surface area contributed by atoms with Crippen LogP contribution in [0.3, 0.4) is 0 Å². The highest BCUT2D eigenvalue weighted by molar-refractivity contribution is 5.29. The minimum Gasteiger partial charge on any atom is -0.307 e. The van der Waals surface area contributed by atoms with E-state index in [1.165, 1.54) is 24.1 Å². The summed E-state index contributed by atoms with van der Waals surface area (Å²) in [4.78, 5) is 4.42. The van der Waals surface area contributed by atoms with E-state index in [1.807, 2.05) is 12.3 Å². The zero-order chi connectivity index (χ0) is 7.97. The Kier molecular flexibility index (Phi) is 1.27. The van der Waals surface area contributed by atoms with Crippen LogP contribution in [0.15, 0.2) is 18.3 Å². The van der Waals surface area contributed by atoms with Gasteiger partial charge in [-0.2, -0.15) is 0 Å². The maximum atomic E-state index is 4.42. The van der Waals surface area contributed by atoms with Gasteiger partial charge in [0.05, 0.1) is 0 Å². The quantitative estimate of drug-likeness (QED) is 0.621. The van der Waals surface area contributed by atoms with Gasteiger partial charge in [0.15, 0.2) is 0 Å². The topological polar surface area (TPSA) is 24.9 Å². The van der Waals surface area contributed by atoms with Crippen molar-refractivity contribution in [3.8, 4) is 0 Å². The van der Waals surface area contributed by atoms with E-state index in [4.69, 9.17) is 0 Å². The molecular formula is C10H12N2. The maximum Gasteiger partial charge on any atom is 0.0466 e. The van der Waals surface area contributed by atoms with Crippen molar-refractivity contribution in [2.45, 2.75) is 31.3 Å². The SMILES string of the molecule is c1cnc2c(c1)C1CCC(C2)N1. The predicted molar refractivity (Wildman–Crippen MR) is 46.8 cm³/mol. The molecule has 1 fully saturated rings. The Bertz CT molecular complexity index is 308. The Hall–Kier alpha value is -0.890. The van der Waals surface area contributed by atoms with E-state index < -0.39 is 0 Å². The van der Waals surface area contributed by atoms with Crippen LogP contribution >= 0.6 is 0 Å². The van der Waals surface area contributed by atoms with E-state index in [1.54, 1.807) is 0 Å². The van der Waals surface area contributed by atoms with Crippen LogP contribution in [0.4, 0.5) is 0 Å². The molecule has 2 nitrogen and oxygen atoms in total. The Morgan fingerprint density at radius 1 is 1.42 bits per heavy atom. The third kappa shape index (κ3) is 0.815. The fraction of sp³-hybridized carbons (Fsp3) is 0.500. The summed E-state index contributed by atoms with van der Waals surface area (Å²) in [5.41, 5.74) is 2.76. The van der Waals surface area contributed by atoms with Crippen LogP contribution in [0.25, 0.3) is 0 Å². The summed E-state index contributed by atoms with van der Waals surface area (Å²) in [6.45, 7) is 0. The van der Waals surface area contributed by atoms with Gasteiger partial charge < -0.3 is 5.32 Å². The maximum absolute atomic E-state index is 4.42. The zero-order valence-electron chi connectivity index (χ0n) is 6.96. The van der Waals surface area contributed by atoms with E-state index >= 15 is 0 Å². The van der Waals surface area contributed by atoms with E-state index in [0.717, 1.165) is 6.42 Å². The van der Waals surface area contributed by atoms with Crippen molar-refractivity contribution < 1.29 is 0 Å². The van der Waals surface area contributed by atoms with Crippen molar-refractivity contribution in [2.24, 2.45) is 0 Å². The number of hydrogen-bond acceptors (Lipinski definition) is 2. The van der Waals surface area contributed by atoms with Crippen molar-refractivity contribution >= 4 is 0 Å². The van der Waals surface area contributed by atoms with Gasteiger partial charge in [0, 0.05) is 30.4 Å². The molecule has 0 aromatic carbocycles. The summed E-state index contributed by atoms with van der Waals surface area (Å²) in [5.74, 6) is 0. The van der Waals surface area contributed by atoms with Gasteiger partial charge in [-0.1, -0.05) is 6.07 Å². The van der Waals surface area contributed by atoms with Crippen molar-refractivity contribution in [3.63, 3.8) is 0 Å². The minimum atomic E-state index is 0.604. The standard InChI is InChI=1S/C10H12N2/c1-2-8-9-4-3-7(12-9)6-10(8)11-5-1/h1-2,5,7,9,12H,3-4,6H2. The second-order valence-electron chi connectivity index (χ2n) is 3.74. The number of hydrogen-bond donors (Lipinski definition) is 1. The first-order chi connectivity index (χ1) is 5.93. The number of nitrogens with zero attached hydrogens (tertiary/aromatic N) is 1. The molecule has 2 aliphatic rings. The lowest BCUT2D eigenvalue weighted by atomic mass is 10.0. The highest BCUT2D eigenvalue weighted by Gasteiger charge is 2.32. The highest BCUT2D eigenvalue weighted by atomic mass is 15.0. The molecule has 0 spiro atoms. The molecule has 2 aliphatic heterocycles. The first kappa shape index (κ1) is 6.61. The number of pyridine rings is 1. The van der Waals surface area contributed by atoms with Gasteiger partial charge in [0.25, 0.3) is 0 Å². The van der Waals surface area contributed by atoms with Gasteiger partial charge in [-0.05, 0) is 24.5 Å². The summed E-state index contributed by atoms with van der Waals surface area (Å²) in [6, 6.07) is 5.56. The molecule has 0 amide bonds. The lowest BCUT2D eigenvalue weighted by molar-refractivity contribution is 0.506. The Labute approximate surface area is 72.0 Å². The van der Waals surface area contributed by atoms with Gasteiger partial charge >= 0.3 is 0 Å². The van der Waals surface area contributed by atoms with Crippen molar-refractivity contribution in [2.75, 3.05) is 0 Å². The number of nitrogens with one attached hydrogen (secondary N) is 1. The van der Waals surface area contributed by atoms with Gasteiger partial charge in [0.2, 0.25) is 0 Å². The summed E-state index contributed by atoms with van der Waals surface area (Å²) in [6.07, 6.45) is 5.65. The first-order valence-corrected chi connectivity index (χ1v) is 4.63. The lowest BCUT2D eigenvalue weighted by Crippen LogP contribution is -2.32. The monoisotopic (exact) mass is 160 g/mol. The van der Waals surface area contributed by atoms with Crippen molar-refractivity contribution in [1.82, 2.24) is 10.3 Å². The van der Waals surface area contributed by atoms with Crippen LogP contribution < -0.4 is 5.32 Å². The fourth-order valence-corrected chi connectivity index (χ4v) is 2.40. The summed E-state index contributed by atoms with van der Waals surface area (Å²) >= 11 is 0. The van der Waals surface area contributed by atoms with Gasteiger partial charge in [-0.3, -0.25) is 4.98 Å². The number of rotatable bonds is 0. The third-order valence-electron chi connectivity index (χ3n) is 2.98. The van der Waals surface area contributed by atoms with Gasteiger partial charge in [-0.25, -0.2) is 0 Å². The molecule has 1 aromatic heterocycles. The number of aromatic nitrogens is 1. The molecule has 1 saturated heterocycles. The van der Waals surface area contributed by atoms with E-state index in [2.05, 4.69) is 16.4 Å². The highest BCUT2D eigenvalue weighted by Crippen LogP contribution is 2.34. The lowest BCUT2D eigenvalue weighted by Gasteiger charge is -2.23. The third-order valence-corrected chi connectivity index (χ3v) is 2.98. The average molecular weight is 160 g/mol. The minimum absolute atomic E-state index is 0.604. The molecule has 2 heteroatoms. The van der Waals surface area contributed by atoms with Crippen LogP contribution in [-0.4, -0.2) is 11.0 Å². The smallest absolute Gasteiger partial charge is 0.0466 e. The zero-order valence-corrected chi connectivity index (χ0v) is 6.96. The molecule has 0 radical (unpaired) electrons. The number of fused-ring (bicyclic) bond motifs is 4. The molecule has 3 rings (SSSR count). The van der Waals surface area contributed by atoms with E-state index in [-0.39, 0.29) is 0 Å². The van der Waals surface area contributed by atoms with Crippen molar-refractivity contribution in [1.29, 1.82) is 0 Å². The molecule has 62 valence electrons. The Morgan fingerprint density at radius 2 is 2.42 bits per heavy atom. The van der Waals surface area contributed by atoms with E-state index in [9.17, 15) is 0 Å².